The molecule has 2 aliphatic rings. The zero-order chi connectivity index (χ0) is 13.4. The van der Waals surface area contributed by atoms with E-state index in [1.807, 2.05) is 0 Å². The lowest BCUT2D eigenvalue weighted by molar-refractivity contribution is -0.145. The van der Waals surface area contributed by atoms with E-state index in [1.54, 1.807) is 24.1 Å². The van der Waals surface area contributed by atoms with Gasteiger partial charge in [0.1, 0.15) is 18.4 Å². The van der Waals surface area contributed by atoms with Crippen LogP contribution in [0.1, 0.15) is 24.4 Å². The molecule has 1 aromatic heterocycles. The Morgan fingerprint density at radius 2 is 2.21 bits per heavy atom. The lowest BCUT2D eigenvalue weighted by atomic mass is 10.1. The molecule has 1 unspecified atom stereocenters. The highest BCUT2D eigenvalue weighted by atomic mass is 16.2. The molecule has 0 radical (unpaired) electrons. The summed E-state index contributed by atoms with van der Waals surface area (Å²) in [5.74, 6) is 0.928. The van der Waals surface area contributed by atoms with Gasteiger partial charge in [0.05, 0.1) is 12.2 Å². The van der Waals surface area contributed by atoms with E-state index in [2.05, 4.69) is 15.3 Å². The Balaban J connectivity index is 1.75. The van der Waals surface area contributed by atoms with Crippen LogP contribution in [-0.4, -0.2) is 39.3 Å². The monoisotopic (exact) mass is 260 g/mol. The summed E-state index contributed by atoms with van der Waals surface area (Å²) in [6, 6.07) is 1.45. The summed E-state index contributed by atoms with van der Waals surface area (Å²) < 4.78 is 0. The quantitative estimate of drug-likeness (QED) is 0.831. The van der Waals surface area contributed by atoms with E-state index >= 15 is 0 Å². The lowest BCUT2D eigenvalue weighted by Gasteiger charge is -2.32. The third-order valence-electron chi connectivity index (χ3n) is 3.51. The number of piperazine rings is 1. The highest BCUT2D eigenvalue weighted by Gasteiger charge is 2.42. The molecule has 0 spiro atoms. The van der Waals surface area contributed by atoms with E-state index in [0.717, 1.165) is 18.5 Å². The molecule has 100 valence electrons. The van der Waals surface area contributed by atoms with Crippen molar-refractivity contribution in [3.8, 4) is 0 Å². The van der Waals surface area contributed by atoms with Gasteiger partial charge in [-0.2, -0.15) is 0 Å². The predicted octanol–water partition coefficient (Wildman–Crippen LogP) is 0.0220. The van der Waals surface area contributed by atoms with Crippen molar-refractivity contribution in [3.05, 3.63) is 23.8 Å². The average molecular weight is 260 g/mol. The summed E-state index contributed by atoms with van der Waals surface area (Å²) in [6.07, 6.45) is 3.72. The Bertz CT molecular complexity index is 527. The molecule has 0 bridgehead atoms. The maximum Gasteiger partial charge on any atom is 0.246 e. The minimum absolute atomic E-state index is 0.0124. The fourth-order valence-corrected chi connectivity index (χ4v) is 2.40. The fourth-order valence-electron chi connectivity index (χ4n) is 2.40. The molecule has 3 rings (SSSR count). The minimum atomic E-state index is -0.329. The third-order valence-corrected chi connectivity index (χ3v) is 3.51. The second kappa shape index (κ2) is 4.60. The van der Waals surface area contributed by atoms with Crippen LogP contribution < -0.4 is 5.32 Å². The van der Waals surface area contributed by atoms with E-state index < -0.39 is 0 Å². The Hall–Kier alpha value is -1.98. The van der Waals surface area contributed by atoms with Crippen molar-refractivity contribution in [2.75, 3.05) is 6.54 Å². The number of aromatic nitrogens is 2. The van der Waals surface area contributed by atoms with Gasteiger partial charge in [0, 0.05) is 6.20 Å². The van der Waals surface area contributed by atoms with Gasteiger partial charge in [0.25, 0.3) is 0 Å². The Labute approximate surface area is 111 Å². The first-order valence-corrected chi connectivity index (χ1v) is 6.50. The summed E-state index contributed by atoms with van der Waals surface area (Å²) >= 11 is 0. The summed E-state index contributed by atoms with van der Waals surface area (Å²) in [5, 5.41) is 2.79. The van der Waals surface area contributed by atoms with Gasteiger partial charge in [0.2, 0.25) is 11.8 Å². The molecule has 1 saturated carbocycles. The van der Waals surface area contributed by atoms with Crippen molar-refractivity contribution in [2.45, 2.75) is 32.4 Å². The van der Waals surface area contributed by atoms with Gasteiger partial charge in [-0.1, -0.05) is 0 Å². The number of amides is 2. The second-order valence-electron chi connectivity index (χ2n) is 5.17. The summed E-state index contributed by atoms with van der Waals surface area (Å²) in [7, 11) is 0. The van der Waals surface area contributed by atoms with E-state index in [4.69, 9.17) is 0 Å². The molecule has 1 atom stereocenters. The number of hydrogen-bond acceptors (Lipinski definition) is 4. The summed E-state index contributed by atoms with van der Waals surface area (Å²) in [5.41, 5.74) is 0.769. The van der Waals surface area contributed by atoms with Gasteiger partial charge in [-0.25, -0.2) is 9.97 Å². The highest BCUT2D eigenvalue weighted by molar-refractivity contribution is 5.95. The SMILES string of the molecule is Cc1nccc(CN2CC(=O)NC(C3CC3)C2=O)n1. The van der Waals surface area contributed by atoms with Crippen LogP contribution in [0.3, 0.4) is 0 Å². The van der Waals surface area contributed by atoms with Crippen LogP contribution in [0.15, 0.2) is 12.3 Å². The zero-order valence-electron chi connectivity index (χ0n) is 10.8. The number of nitrogens with zero attached hydrogens (tertiary/aromatic N) is 3. The standard InChI is InChI=1S/C13H16N4O2/c1-8-14-5-4-10(15-8)6-17-7-11(18)16-12(13(17)19)9-2-3-9/h4-5,9,12H,2-3,6-7H2,1H3,(H,16,18). The van der Waals surface area contributed by atoms with E-state index in [-0.39, 0.29) is 24.4 Å². The first kappa shape index (κ1) is 12.1. The smallest absolute Gasteiger partial charge is 0.246 e. The van der Waals surface area contributed by atoms with E-state index in [1.165, 1.54) is 0 Å². The number of nitrogens with one attached hydrogen (secondary N) is 1. The molecule has 6 heteroatoms. The van der Waals surface area contributed by atoms with Gasteiger partial charge in [-0.05, 0) is 31.7 Å². The van der Waals surface area contributed by atoms with Gasteiger partial charge < -0.3 is 10.2 Å². The molecule has 1 aliphatic heterocycles. The Morgan fingerprint density at radius 3 is 2.89 bits per heavy atom. The number of rotatable bonds is 3. The van der Waals surface area contributed by atoms with E-state index in [9.17, 15) is 9.59 Å². The average Bonchev–Trinajstić information content (AvgIpc) is 3.17. The van der Waals surface area contributed by atoms with Crippen molar-refractivity contribution in [1.29, 1.82) is 0 Å². The second-order valence-corrected chi connectivity index (χ2v) is 5.17. The van der Waals surface area contributed by atoms with Gasteiger partial charge in [-0.15, -0.1) is 0 Å². The van der Waals surface area contributed by atoms with Gasteiger partial charge in [0.15, 0.2) is 0 Å². The normalized spacial score (nSPS) is 23.4. The van der Waals surface area contributed by atoms with Crippen molar-refractivity contribution < 1.29 is 9.59 Å². The molecule has 2 amide bonds. The van der Waals surface area contributed by atoms with Crippen molar-refractivity contribution in [3.63, 3.8) is 0 Å². The molecule has 6 nitrogen and oxygen atoms in total. The lowest BCUT2D eigenvalue weighted by Crippen LogP contribution is -2.58. The number of aryl methyl sites for hydroxylation is 1. The van der Waals surface area contributed by atoms with Crippen LogP contribution in [-0.2, 0) is 16.1 Å². The Kier molecular flexibility index (Phi) is 2.93. The van der Waals surface area contributed by atoms with Crippen molar-refractivity contribution in [1.82, 2.24) is 20.2 Å². The molecule has 2 heterocycles. The fraction of sp³-hybridized carbons (Fsp3) is 0.538. The molecule has 1 saturated heterocycles. The molecule has 1 aliphatic carbocycles. The molecule has 19 heavy (non-hydrogen) atoms. The largest absolute Gasteiger partial charge is 0.342 e. The first-order chi connectivity index (χ1) is 9.13. The van der Waals surface area contributed by atoms with E-state index in [0.29, 0.717) is 18.3 Å². The Morgan fingerprint density at radius 1 is 1.42 bits per heavy atom. The third kappa shape index (κ3) is 2.57. The molecule has 0 aromatic carbocycles. The number of carbonyl (C=O) groups is 2. The van der Waals surface area contributed by atoms with Crippen LogP contribution in [0.25, 0.3) is 0 Å². The molecular formula is C13H16N4O2. The maximum atomic E-state index is 12.3. The predicted molar refractivity (Wildman–Crippen MR) is 66.8 cm³/mol. The molecular weight excluding hydrogens is 244 g/mol. The number of carbonyl (C=O) groups excluding carboxylic acids is 2. The number of hydrogen-bond donors (Lipinski definition) is 1. The van der Waals surface area contributed by atoms with Crippen LogP contribution in [0.2, 0.25) is 0 Å². The first-order valence-electron chi connectivity index (χ1n) is 6.50. The van der Waals surface area contributed by atoms with Gasteiger partial charge >= 0.3 is 0 Å². The maximum absolute atomic E-state index is 12.3. The topological polar surface area (TPSA) is 75.2 Å². The van der Waals surface area contributed by atoms with Crippen molar-refractivity contribution >= 4 is 11.8 Å². The molecule has 1 N–H and O–H groups in total. The minimum Gasteiger partial charge on any atom is -0.342 e. The van der Waals surface area contributed by atoms with Gasteiger partial charge in [-0.3, -0.25) is 9.59 Å². The molecule has 1 aromatic rings. The zero-order valence-corrected chi connectivity index (χ0v) is 10.8. The van der Waals surface area contributed by atoms with Crippen LogP contribution in [0.4, 0.5) is 0 Å². The summed E-state index contributed by atoms with van der Waals surface area (Å²) in [6.45, 7) is 2.30. The highest BCUT2D eigenvalue weighted by Crippen LogP contribution is 2.34. The molecule has 2 fully saturated rings. The van der Waals surface area contributed by atoms with Crippen molar-refractivity contribution in [2.24, 2.45) is 5.92 Å². The van der Waals surface area contributed by atoms with Crippen LogP contribution in [0.5, 0.6) is 0 Å². The van der Waals surface area contributed by atoms with Crippen LogP contribution in [0, 0.1) is 12.8 Å². The van der Waals surface area contributed by atoms with Crippen LogP contribution >= 0.6 is 0 Å². The summed E-state index contributed by atoms with van der Waals surface area (Å²) in [4.78, 5) is 33.9.